The maximum absolute atomic E-state index is 3.58. The average molecular weight is 268 g/mol. The third-order valence-corrected chi connectivity index (χ3v) is 4.73. The Balaban J connectivity index is 2.52. The molecule has 2 heteroatoms. The Kier molecular flexibility index (Phi) is 8.72. The first-order valence-corrected chi connectivity index (χ1v) is 8.64. The van der Waals surface area contributed by atoms with Crippen LogP contribution in [0.15, 0.2) is 0 Å². The van der Waals surface area contributed by atoms with E-state index in [-0.39, 0.29) is 0 Å². The Hall–Kier alpha value is -0.0800. The number of nitrogens with one attached hydrogen (secondary N) is 1. The van der Waals surface area contributed by atoms with E-state index in [9.17, 15) is 0 Å². The molecule has 0 bridgehead atoms. The Morgan fingerprint density at radius 2 is 1.68 bits per heavy atom. The molecule has 0 aromatic rings. The second-order valence-corrected chi connectivity index (χ2v) is 6.42. The first-order chi connectivity index (χ1) is 9.24. The van der Waals surface area contributed by atoms with Gasteiger partial charge in [-0.15, -0.1) is 0 Å². The van der Waals surface area contributed by atoms with Crippen molar-refractivity contribution in [2.45, 2.75) is 71.8 Å². The maximum atomic E-state index is 3.58. The molecule has 114 valence electrons. The van der Waals surface area contributed by atoms with Gasteiger partial charge < -0.3 is 10.2 Å². The lowest BCUT2D eigenvalue weighted by molar-refractivity contribution is 0.139. The molecular formula is C17H36N2. The van der Waals surface area contributed by atoms with E-state index >= 15 is 0 Å². The Morgan fingerprint density at radius 3 is 2.21 bits per heavy atom. The Bertz CT molecular complexity index is 211. The van der Waals surface area contributed by atoms with Crippen molar-refractivity contribution in [2.24, 2.45) is 11.8 Å². The van der Waals surface area contributed by atoms with Gasteiger partial charge >= 0.3 is 0 Å². The van der Waals surface area contributed by atoms with Gasteiger partial charge in [0.15, 0.2) is 0 Å². The van der Waals surface area contributed by atoms with Crippen LogP contribution in [0, 0.1) is 11.8 Å². The summed E-state index contributed by atoms with van der Waals surface area (Å²) in [5.74, 6) is 1.86. The van der Waals surface area contributed by atoms with Crippen molar-refractivity contribution in [1.82, 2.24) is 10.2 Å². The molecule has 2 nitrogen and oxygen atoms in total. The van der Waals surface area contributed by atoms with Gasteiger partial charge in [0.05, 0.1) is 0 Å². The molecule has 1 aliphatic rings. The summed E-state index contributed by atoms with van der Waals surface area (Å²) in [6.45, 7) is 10.8. The van der Waals surface area contributed by atoms with E-state index in [2.05, 4.69) is 38.0 Å². The van der Waals surface area contributed by atoms with Gasteiger partial charge in [0.2, 0.25) is 0 Å². The van der Waals surface area contributed by atoms with E-state index in [1.165, 1.54) is 64.6 Å². The topological polar surface area (TPSA) is 15.3 Å². The number of hydrogen-bond acceptors (Lipinski definition) is 2. The highest BCUT2D eigenvalue weighted by Gasteiger charge is 2.30. The summed E-state index contributed by atoms with van der Waals surface area (Å²) in [4.78, 5) is 2.70. The SMILES string of the molecule is CCCC1CCC(NC)C(CN(CCC)CCC)C1. The van der Waals surface area contributed by atoms with Gasteiger partial charge in [-0.25, -0.2) is 0 Å². The van der Waals surface area contributed by atoms with Crippen molar-refractivity contribution >= 4 is 0 Å². The van der Waals surface area contributed by atoms with Crippen LogP contribution >= 0.6 is 0 Å². The molecule has 3 atom stereocenters. The van der Waals surface area contributed by atoms with Gasteiger partial charge in [-0.05, 0) is 64.1 Å². The van der Waals surface area contributed by atoms with Crippen LogP contribution in [0.4, 0.5) is 0 Å². The normalized spacial score (nSPS) is 27.9. The van der Waals surface area contributed by atoms with Crippen LogP contribution in [-0.2, 0) is 0 Å². The highest BCUT2D eigenvalue weighted by molar-refractivity contribution is 4.85. The lowest BCUT2D eigenvalue weighted by Gasteiger charge is -2.39. The average Bonchev–Trinajstić information content (AvgIpc) is 2.40. The minimum absolute atomic E-state index is 0.754. The molecule has 0 saturated heterocycles. The summed E-state index contributed by atoms with van der Waals surface area (Å²) >= 11 is 0. The molecule has 0 aliphatic heterocycles. The molecule has 1 N–H and O–H groups in total. The highest BCUT2D eigenvalue weighted by atomic mass is 15.1. The van der Waals surface area contributed by atoms with E-state index in [0.29, 0.717) is 0 Å². The van der Waals surface area contributed by atoms with Gasteiger partial charge in [0.1, 0.15) is 0 Å². The largest absolute Gasteiger partial charge is 0.317 e. The fraction of sp³-hybridized carbons (Fsp3) is 1.00. The van der Waals surface area contributed by atoms with Crippen LogP contribution in [-0.4, -0.2) is 37.6 Å². The predicted molar refractivity (Wildman–Crippen MR) is 85.6 cm³/mol. The first-order valence-electron chi connectivity index (χ1n) is 8.64. The van der Waals surface area contributed by atoms with Gasteiger partial charge in [-0.2, -0.15) is 0 Å². The van der Waals surface area contributed by atoms with Gasteiger partial charge in [-0.3, -0.25) is 0 Å². The number of nitrogens with zero attached hydrogens (tertiary/aromatic N) is 1. The fourth-order valence-corrected chi connectivity index (χ4v) is 3.87. The molecule has 0 aromatic heterocycles. The van der Waals surface area contributed by atoms with Crippen molar-refractivity contribution < 1.29 is 0 Å². The summed E-state index contributed by atoms with van der Waals surface area (Å²) in [7, 11) is 2.15. The van der Waals surface area contributed by atoms with E-state index < -0.39 is 0 Å². The molecule has 1 aliphatic carbocycles. The van der Waals surface area contributed by atoms with Crippen LogP contribution in [0.1, 0.15) is 65.7 Å². The second kappa shape index (κ2) is 9.77. The Morgan fingerprint density at radius 1 is 1.00 bits per heavy atom. The third-order valence-electron chi connectivity index (χ3n) is 4.73. The van der Waals surface area contributed by atoms with E-state index in [0.717, 1.165) is 17.9 Å². The van der Waals surface area contributed by atoms with Gasteiger partial charge in [0.25, 0.3) is 0 Å². The van der Waals surface area contributed by atoms with Crippen molar-refractivity contribution in [3.63, 3.8) is 0 Å². The number of rotatable bonds is 9. The summed E-state index contributed by atoms with van der Waals surface area (Å²) in [5.41, 5.74) is 0. The van der Waals surface area contributed by atoms with Crippen LogP contribution in [0.25, 0.3) is 0 Å². The van der Waals surface area contributed by atoms with Crippen molar-refractivity contribution in [3.8, 4) is 0 Å². The van der Waals surface area contributed by atoms with Crippen LogP contribution < -0.4 is 5.32 Å². The van der Waals surface area contributed by atoms with Gasteiger partial charge in [-0.1, -0.05) is 33.6 Å². The smallest absolute Gasteiger partial charge is 0.0105 e. The van der Waals surface area contributed by atoms with Crippen LogP contribution in [0.5, 0.6) is 0 Å². The summed E-state index contributed by atoms with van der Waals surface area (Å²) in [5, 5.41) is 3.58. The quantitative estimate of drug-likeness (QED) is 0.682. The summed E-state index contributed by atoms with van der Waals surface area (Å²) < 4.78 is 0. The molecule has 0 heterocycles. The molecule has 0 radical (unpaired) electrons. The summed E-state index contributed by atoms with van der Waals surface area (Å²) in [6.07, 6.45) is 9.65. The minimum Gasteiger partial charge on any atom is -0.317 e. The zero-order chi connectivity index (χ0) is 14.1. The molecule has 1 saturated carbocycles. The third kappa shape index (κ3) is 5.83. The predicted octanol–water partition coefficient (Wildman–Crippen LogP) is 3.91. The molecule has 0 amide bonds. The summed E-state index contributed by atoms with van der Waals surface area (Å²) in [6, 6.07) is 0.754. The van der Waals surface area contributed by atoms with Crippen molar-refractivity contribution in [1.29, 1.82) is 0 Å². The first kappa shape index (κ1) is 17.0. The second-order valence-electron chi connectivity index (χ2n) is 6.42. The molecule has 0 aromatic carbocycles. The van der Waals surface area contributed by atoms with Gasteiger partial charge in [0, 0.05) is 12.6 Å². The zero-order valence-corrected chi connectivity index (χ0v) is 13.8. The monoisotopic (exact) mass is 268 g/mol. The van der Waals surface area contributed by atoms with E-state index in [1.54, 1.807) is 0 Å². The van der Waals surface area contributed by atoms with Crippen molar-refractivity contribution in [3.05, 3.63) is 0 Å². The standard InChI is InChI=1S/C17H36N2/c1-5-8-15-9-10-17(18-4)16(13-15)14-19(11-6-2)12-7-3/h15-18H,5-14H2,1-4H3. The molecule has 3 unspecified atom stereocenters. The fourth-order valence-electron chi connectivity index (χ4n) is 3.87. The highest BCUT2D eigenvalue weighted by Crippen LogP contribution is 2.32. The number of hydrogen-bond donors (Lipinski definition) is 1. The molecule has 0 spiro atoms. The molecular weight excluding hydrogens is 232 g/mol. The lowest BCUT2D eigenvalue weighted by atomic mass is 9.76. The van der Waals surface area contributed by atoms with Crippen LogP contribution in [0.2, 0.25) is 0 Å². The van der Waals surface area contributed by atoms with E-state index in [4.69, 9.17) is 0 Å². The minimum atomic E-state index is 0.754. The molecule has 1 fully saturated rings. The maximum Gasteiger partial charge on any atom is 0.0105 e. The van der Waals surface area contributed by atoms with Crippen molar-refractivity contribution in [2.75, 3.05) is 26.7 Å². The zero-order valence-electron chi connectivity index (χ0n) is 13.8. The Labute approximate surface area is 121 Å². The molecule has 1 rings (SSSR count). The molecule has 19 heavy (non-hydrogen) atoms. The van der Waals surface area contributed by atoms with Crippen LogP contribution in [0.3, 0.4) is 0 Å². The van der Waals surface area contributed by atoms with E-state index in [1.807, 2.05) is 0 Å². The lowest BCUT2D eigenvalue weighted by Crippen LogP contribution is -2.45.